The molecule has 0 spiro atoms. The first-order valence-corrected chi connectivity index (χ1v) is 9.12. The largest absolute Gasteiger partial charge is 0.381 e. The van der Waals surface area contributed by atoms with E-state index in [1.807, 2.05) is 0 Å². The zero-order valence-corrected chi connectivity index (χ0v) is 13.3. The second-order valence-electron chi connectivity index (χ2n) is 5.64. The van der Waals surface area contributed by atoms with Gasteiger partial charge in [0.05, 0.1) is 4.90 Å². The van der Waals surface area contributed by atoms with E-state index in [0.717, 1.165) is 37.8 Å². The van der Waals surface area contributed by atoms with Crippen molar-refractivity contribution in [3.05, 3.63) is 24.3 Å². The molecule has 6 heteroatoms. The number of hydrogen-bond donors (Lipinski definition) is 3. The van der Waals surface area contributed by atoms with Gasteiger partial charge < -0.3 is 11.1 Å². The number of sulfonamides is 1. The van der Waals surface area contributed by atoms with Crippen molar-refractivity contribution in [1.29, 1.82) is 0 Å². The lowest BCUT2D eigenvalue weighted by Crippen LogP contribution is -2.29. The lowest BCUT2D eigenvalue weighted by atomic mass is 10.1. The maximum Gasteiger partial charge on any atom is 0.240 e. The predicted molar refractivity (Wildman–Crippen MR) is 85.8 cm³/mol. The fourth-order valence-corrected chi connectivity index (χ4v) is 3.46. The Hall–Kier alpha value is -1.11. The highest BCUT2D eigenvalue weighted by Crippen LogP contribution is 2.23. The molecule has 1 saturated carbocycles. The topological polar surface area (TPSA) is 84.2 Å². The molecule has 1 aromatic carbocycles. The third-order valence-electron chi connectivity index (χ3n) is 3.63. The van der Waals surface area contributed by atoms with Gasteiger partial charge >= 0.3 is 0 Å². The van der Waals surface area contributed by atoms with E-state index in [2.05, 4.69) is 17.0 Å². The van der Waals surface area contributed by atoms with Crippen LogP contribution in [0.25, 0.3) is 0 Å². The molecule has 0 bridgehead atoms. The molecule has 4 N–H and O–H groups in total. The molecule has 5 nitrogen and oxygen atoms in total. The van der Waals surface area contributed by atoms with Gasteiger partial charge in [-0.15, -0.1) is 0 Å². The average molecular weight is 311 g/mol. The van der Waals surface area contributed by atoms with Crippen LogP contribution in [0.3, 0.4) is 0 Å². The number of benzene rings is 1. The van der Waals surface area contributed by atoms with E-state index in [-0.39, 0.29) is 12.1 Å². The highest BCUT2D eigenvalue weighted by Gasteiger charge is 2.27. The normalized spacial score (nSPS) is 16.7. The van der Waals surface area contributed by atoms with Gasteiger partial charge in [-0.25, -0.2) is 13.1 Å². The molecular weight excluding hydrogens is 286 g/mol. The first kappa shape index (κ1) is 16.3. The number of nitrogens with two attached hydrogens (primary N) is 1. The van der Waals surface area contributed by atoms with E-state index in [1.54, 1.807) is 24.3 Å². The van der Waals surface area contributed by atoms with Crippen molar-refractivity contribution < 1.29 is 8.42 Å². The highest BCUT2D eigenvalue weighted by atomic mass is 32.2. The maximum atomic E-state index is 12.1. The summed E-state index contributed by atoms with van der Waals surface area (Å²) in [6, 6.07) is 7.24. The lowest BCUT2D eigenvalue weighted by Gasteiger charge is -2.18. The van der Waals surface area contributed by atoms with Crippen molar-refractivity contribution in [1.82, 2.24) is 4.72 Å². The lowest BCUT2D eigenvalue weighted by molar-refractivity contribution is 0.581. The molecule has 0 saturated heterocycles. The van der Waals surface area contributed by atoms with Crippen LogP contribution in [0.1, 0.15) is 39.0 Å². The minimum Gasteiger partial charge on any atom is -0.381 e. The van der Waals surface area contributed by atoms with Gasteiger partial charge in [-0.05, 0) is 43.5 Å². The first-order valence-electron chi connectivity index (χ1n) is 7.64. The summed E-state index contributed by atoms with van der Waals surface area (Å²) in [6.45, 7) is 2.73. The molecule has 1 fully saturated rings. The second-order valence-corrected chi connectivity index (χ2v) is 7.35. The fraction of sp³-hybridized carbons (Fsp3) is 0.600. The molecule has 0 aliphatic heterocycles. The van der Waals surface area contributed by atoms with Crippen molar-refractivity contribution in [2.75, 3.05) is 11.9 Å². The summed E-state index contributed by atoms with van der Waals surface area (Å²) in [7, 11) is -3.36. The zero-order chi connectivity index (χ0) is 15.3. The number of nitrogens with one attached hydrogen (secondary N) is 2. The van der Waals surface area contributed by atoms with Crippen LogP contribution >= 0.6 is 0 Å². The third-order valence-corrected chi connectivity index (χ3v) is 5.16. The number of hydrogen-bond acceptors (Lipinski definition) is 4. The molecule has 0 aromatic heterocycles. The van der Waals surface area contributed by atoms with E-state index in [9.17, 15) is 8.42 Å². The van der Waals surface area contributed by atoms with Crippen molar-refractivity contribution in [2.45, 2.75) is 56.0 Å². The summed E-state index contributed by atoms with van der Waals surface area (Å²) in [4.78, 5) is 0.317. The fourth-order valence-electron chi connectivity index (χ4n) is 2.15. The van der Waals surface area contributed by atoms with Crippen LogP contribution in [0.4, 0.5) is 5.69 Å². The van der Waals surface area contributed by atoms with Crippen molar-refractivity contribution in [3.8, 4) is 0 Å². The van der Waals surface area contributed by atoms with E-state index >= 15 is 0 Å². The van der Waals surface area contributed by atoms with Gasteiger partial charge in [0.15, 0.2) is 0 Å². The second kappa shape index (κ2) is 7.24. The van der Waals surface area contributed by atoms with E-state index < -0.39 is 10.0 Å². The van der Waals surface area contributed by atoms with Crippen LogP contribution in [-0.2, 0) is 10.0 Å². The van der Waals surface area contributed by atoms with Crippen LogP contribution in [-0.4, -0.2) is 27.0 Å². The van der Waals surface area contributed by atoms with Gasteiger partial charge in [-0.1, -0.05) is 19.8 Å². The Labute approximate surface area is 127 Å². The summed E-state index contributed by atoms with van der Waals surface area (Å²) in [5.74, 6) is 0. The molecule has 2 rings (SSSR count). The van der Waals surface area contributed by atoms with Crippen molar-refractivity contribution in [2.24, 2.45) is 5.73 Å². The van der Waals surface area contributed by atoms with Crippen LogP contribution in [0.15, 0.2) is 29.2 Å². The molecule has 21 heavy (non-hydrogen) atoms. The summed E-state index contributed by atoms with van der Waals surface area (Å²) >= 11 is 0. The average Bonchev–Trinajstić information content (AvgIpc) is 3.27. The Morgan fingerprint density at radius 2 is 1.95 bits per heavy atom. The molecule has 1 unspecified atom stereocenters. The number of rotatable bonds is 9. The molecule has 1 aliphatic carbocycles. The van der Waals surface area contributed by atoms with Gasteiger partial charge in [0, 0.05) is 24.3 Å². The van der Waals surface area contributed by atoms with E-state index in [4.69, 9.17) is 5.73 Å². The number of unbranched alkanes of at least 4 members (excludes halogenated alkanes) is 1. The smallest absolute Gasteiger partial charge is 0.240 e. The van der Waals surface area contributed by atoms with Gasteiger partial charge in [-0.3, -0.25) is 0 Å². The summed E-state index contributed by atoms with van der Waals surface area (Å²) in [6.07, 6.45) is 5.17. The van der Waals surface area contributed by atoms with Gasteiger partial charge in [0.25, 0.3) is 0 Å². The van der Waals surface area contributed by atoms with E-state index in [1.165, 1.54) is 0 Å². The Kier molecular flexibility index (Phi) is 5.61. The standard InChI is InChI=1S/C15H25N3O2S/c1-2-3-4-14(11-16)17-12-7-9-15(10-8-12)21(19,20)18-13-5-6-13/h7-10,13-14,17-18H,2-6,11,16H2,1H3. The minimum atomic E-state index is -3.36. The molecule has 1 aliphatic rings. The maximum absolute atomic E-state index is 12.1. The Morgan fingerprint density at radius 1 is 1.29 bits per heavy atom. The number of anilines is 1. The molecule has 0 amide bonds. The molecular formula is C15H25N3O2S. The van der Waals surface area contributed by atoms with Crippen molar-refractivity contribution in [3.63, 3.8) is 0 Å². The summed E-state index contributed by atoms with van der Waals surface area (Å²) in [5.41, 5.74) is 6.66. The quantitative estimate of drug-likeness (QED) is 0.652. The van der Waals surface area contributed by atoms with Crippen LogP contribution in [0.5, 0.6) is 0 Å². The Bertz CT molecular complexity index is 539. The summed E-state index contributed by atoms with van der Waals surface area (Å²) in [5, 5.41) is 3.36. The minimum absolute atomic E-state index is 0.128. The van der Waals surface area contributed by atoms with Gasteiger partial charge in [0.2, 0.25) is 10.0 Å². The van der Waals surface area contributed by atoms with Crippen molar-refractivity contribution >= 4 is 15.7 Å². The van der Waals surface area contributed by atoms with Gasteiger partial charge in [0.1, 0.15) is 0 Å². The Morgan fingerprint density at radius 3 is 2.48 bits per heavy atom. The SMILES string of the molecule is CCCCC(CN)Nc1ccc(S(=O)(=O)NC2CC2)cc1. The molecule has 0 radical (unpaired) electrons. The zero-order valence-electron chi connectivity index (χ0n) is 12.5. The van der Waals surface area contributed by atoms with Crippen LogP contribution in [0.2, 0.25) is 0 Å². The molecule has 1 atom stereocenters. The third kappa shape index (κ3) is 4.98. The molecule has 118 valence electrons. The van der Waals surface area contributed by atoms with Crippen LogP contribution < -0.4 is 15.8 Å². The van der Waals surface area contributed by atoms with E-state index in [0.29, 0.717) is 11.4 Å². The summed E-state index contributed by atoms with van der Waals surface area (Å²) < 4.78 is 26.8. The Balaban J connectivity index is 1.97. The monoisotopic (exact) mass is 311 g/mol. The highest BCUT2D eigenvalue weighted by molar-refractivity contribution is 7.89. The first-order chi connectivity index (χ1) is 10.0. The van der Waals surface area contributed by atoms with Crippen LogP contribution in [0, 0.1) is 0 Å². The molecule has 1 aromatic rings. The molecule has 0 heterocycles. The predicted octanol–water partition coefficient (Wildman–Crippen LogP) is 2.06. The van der Waals surface area contributed by atoms with Gasteiger partial charge in [-0.2, -0.15) is 0 Å².